The van der Waals surface area contributed by atoms with Crippen molar-refractivity contribution in [2.75, 3.05) is 6.61 Å². The third-order valence-electron chi connectivity index (χ3n) is 1.72. The van der Waals surface area contributed by atoms with E-state index in [0.29, 0.717) is 17.9 Å². The Hall–Kier alpha value is -1.55. The third-order valence-corrected chi connectivity index (χ3v) is 1.72. The van der Waals surface area contributed by atoms with E-state index >= 15 is 0 Å². The van der Waals surface area contributed by atoms with Crippen LogP contribution < -0.4 is 4.74 Å². The molecule has 76 valence electrons. The number of aliphatic carboxylic acids is 1. The van der Waals surface area contributed by atoms with E-state index in [-0.39, 0.29) is 0 Å². The van der Waals surface area contributed by atoms with Gasteiger partial charge in [0.25, 0.3) is 0 Å². The molecule has 1 rings (SSSR count). The van der Waals surface area contributed by atoms with Gasteiger partial charge in [-0.25, -0.2) is 4.79 Å². The van der Waals surface area contributed by atoms with Gasteiger partial charge in [0, 0.05) is 0 Å². The number of benzene rings is 1. The topological polar surface area (TPSA) is 66.8 Å². The molecular weight excluding hydrogens is 184 g/mol. The van der Waals surface area contributed by atoms with Crippen molar-refractivity contribution >= 4 is 5.97 Å². The van der Waals surface area contributed by atoms with Gasteiger partial charge in [0.1, 0.15) is 5.75 Å². The average Bonchev–Trinajstić information content (AvgIpc) is 2.17. The molecule has 0 saturated heterocycles. The van der Waals surface area contributed by atoms with Gasteiger partial charge in [-0.05, 0) is 24.6 Å². The van der Waals surface area contributed by atoms with E-state index in [2.05, 4.69) is 0 Å². The Kier molecular flexibility index (Phi) is 3.48. The number of hydrogen-bond acceptors (Lipinski definition) is 3. The minimum Gasteiger partial charge on any atom is -0.494 e. The highest BCUT2D eigenvalue weighted by atomic mass is 16.5. The largest absolute Gasteiger partial charge is 0.494 e. The van der Waals surface area contributed by atoms with Crippen LogP contribution in [0.4, 0.5) is 0 Å². The van der Waals surface area contributed by atoms with Gasteiger partial charge in [0.2, 0.25) is 0 Å². The molecule has 0 aliphatic heterocycles. The summed E-state index contributed by atoms with van der Waals surface area (Å²) in [6, 6.07) is 6.41. The van der Waals surface area contributed by atoms with Crippen LogP contribution in [0.3, 0.4) is 0 Å². The summed E-state index contributed by atoms with van der Waals surface area (Å²) in [5.74, 6) is -0.705. The van der Waals surface area contributed by atoms with Crippen LogP contribution in [0, 0.1) is 0 Å². The van der Waals surface area contributed by atoms with Crippen LogP contribution in [-0.2, 0) is 4.79 Å². The standard InChI is InChI=1S/C10H12O4/c1-2-14-8-5-3-4-7(6-8)9(11)10(12)13/h3-6,9,11H,2H2,1H3,(H,12,13). The fourth-order valence-corrected chi connectivity index (χ4v) is 1.08. The highest BCUT2D eigenvalue weighted by Gasteiger charge is 2.15. The van der Waals surface area contributed by atoms with Crippen LogP contribution in [0.2, 0.25) is 0 Å². The van der Waals surface area contributed by atoms with Crippen LogP contribution >= 0.6 is 0 Å². The monoisotopic (exact) mass is 196 g/mol. The normalized spacial score (nSPS) is 12.1. The molecule has 0 aromatic heterocycles. The summed E-state index contributed by atoms with van der Waals surface area (Å²) in [6.07, 6.45) is -1.49. The summed E-state index contributed by atoms with van der Waals surface area (Å²) in [5, 5.41) is 17.8. The van der Waals surface area contributed by atoms with Crippen molar-refractivity contribution in [3.8, 4) is 5.75 Å². The second-order valence-electron chi connectivity index (χ2n) is 2.75. The minimum atomic E-state index is -1.49. The minimum absolute atomic E-state index is 0.323. The van der Waals surface area contributed by atoms with Crippen molar-refractivity contribution in [2.24, 2.45) is 0 Å². The molecule has 1 aromatic carbocycles. The van der Waals surface area contributed by atoms with Crippen LogP contribution in [0.25, 0.3) is 0 Å². The molecule has 0 aliphatic carbocycles. The second kappa shape index (κ2) is 4.62. The van der Waals surface area contributed by atoms with Crippen molar-refractivity contribution < 1.29 is 19.7 Å². The molecule has 4 heteroatoms. The van der Waals surface area contributed by atoms with Crippen LogP contribution in [0.15, 0.2) is 24.3 Å². The maximum Gasteiger partial charge on any atom is 0.337 e. The Morgan fingerprint density at radius 2 is 2.29 bits per heavy atom. The molecular formula is C10H12O4. The molecule has 0 heterocycles. The van der Waals surface area contributed by atoms with Gasteiger partial charge in [-0.15, -0.1) is 0 Å². The molecule has 14 heavy (non-hydrogen) atoms. The van der Waals surface area contributed by atoms with Crippen LogP contribution in [0.5, 0.6) is 5.75 Å². The summed E-state index contributed by atoms with van der Waals surface area (Å²) in [7, 11) is 0. The van der Waals surface area contributed by atoms with Gasteiger partial charge in [-0.1, -0.05) is 12.1 Å². The van der Waals surface area contributed by atoms with Gasteiger partial charge in [-0.3, -0.25) is 0 Å². The molecule has 0 radical (unpaired) electrons. The average molecular weight is 196 g/mol. The van der Waals surface area contributed by atoms with E-state index in [9.17, 15) is 9.90 Å². The van der Waals surface area contributed by atoms with Gasteiger partial charge in [0.15, 0.2) is 6.10 Å². The quantitative estimate of drug-likeness (QED) is 0.759. The van der Waals surface area contributed by atoms with Gasteiger partial charge in [-0.2, -0.15) is 0 Å². The molecule has 2 N–H and O–H groups in total. The molecule has 0 amide bonds. The molecule has 0 spiro atoms. The van der Waals surface area contributed by atoms with Crippen molar-refractivity contribution in [1.29, 1.82) is 0 Å². The zero-order valence-corrected chi connectivity index (χ0v) is 7.80. The van der Waals surface area contributed by atoms with E-state index in [1.165, 1.54) is 6.07 Å². The van der Waals surface area contributed by atoms with E-state index in [4.69, 9.17) is 9.84 Å². The first-order valence-electron chi connectivity index (χ1n) is 4.28. The predicted molar refractivity (Wildman–Crippen MR) is 50.2 cm³/mol. The first kappa shape index (κ1) is 10.5. The molecule has 1 atom stereocenters. The van der Waals surface area contributed by atoms with Crippen LogP contribution in [0.1, 0.15) is 18.6 Å². The highest BCUT2D eigenvalue weighted by Crippen LogP contribution is 2.19. The van der Waals surface area contributed by atoms with E-state index in [1.54, 1.807) is 18.2 Å². The summed E-state index contributed by atoms with van der Waals surface area (Å²) in [4.78, 5) is 10.5. The van der Waals surface area contributed by atoms with Crippen molar-refractivity contribution in [2.45, 2.75) is 13.0 Å². The maximum absolute atomic E-state index is 10.5. The second-order valence-corrected chi connectivity index (χ2v) is 2.75. The number of carbonyl (C=O) groups is 1. The van der Waals surface area contributed by atoms with Gasteiger partial charge < -0.3 is 14.9 Å². The zero-order chi connectivity index (χ0) is 10.6. The lowest BCUT2D eigenvalue weighted by atomic mass is 10.1. The molecule has 1 unspecified atom stereocenters. The number of hydrogen-bond donors (Lipinski definition) is 2. The van der Waals surface area contributed by atoms with Crippen molar-refractivity contribution in [1.82, 2.24) is 0 Å². The van der Waals surface area contributed by atoms with Gasteiger partial charge in [0.05, 0.1) is 6.61 Å². The number of ether oxygens (including phenoxy) is 1. The Morgan fingerprint density at radius 3 is 2.86 bits per heavy atom. The molecule has 0 saturated carbocycles. The van der Waals surface area contributed by atoms with E-state index in [1.807, 2.05) is 6.92 Å². The molecule has 1 aromatic rings. The highest BCUT2D eigenvalue weighted by molar-refractivity contribution is 5.74. The van der Waals surface area contributed by atoms with E-state index < -0.39 is 12.1 Å². The molecule has 0 aliphatic rings. The van der Waals surface area contributed by atoms with E-state index in [0.717, 1.165) is 0 Å². The Labute approximate surface area is 81.8 Å². The smallest absolute Gasteiger partial charge is 0.337 e. The Bertz CT molecular complexity index is 322. The lowest BCUT2D eigenvalue weighted by Gasteiger charge is -2.08. The zero-order valence-electron chi connectivity index (χ0n) is 7.80. The number of aliphatic hydroxyl groups is 1. The third kappa shape index (κ3) is 2.47. The SMILES string of the molecule is CCOc1cccc(C(O)C(=O)O)c1. The number of carboxylic acids is 1. The number of aliphatic hydroxyl groups excluding tert-OH is 1. The number of carboxylic acid groups (broad SMARTS) is 1. The van der Waals surface area contributed by atoms with Crippen molar-refractivity contribution in [3.05, 3.63) is 29.8 Å². The van der Waals surface area contributed by atoms with Crippen molar-refractivity contribution in [3.63, 3.8) is 0 Å². The fourth-order valence-electron chi connectivity index (χ4n) is 1.08. The fraction of sp³-hybridized carbons (Fsp3) is 0.300. The molecule has 0 bridgehead atoms. The maximum atomic E-state index is 10.5. The number of rotatable bonds is 4. The first-order valence-corrected chi connectivity index (χ1v) is 4.28. The van der Waals surface area contributed by atoms with Crippen LogP contribution in [-0.4, -0.2) is 22.8 Å². The summed E-state index contributed by atoms with van der Waals surface area (Å²) < 4.78 is 5.17. The lowest BCUT2D eigenvalue weighted by molar-refractivity contribution is -0.146. The Balaban J connectivity index is 2.87. The lowest BCUT2D eigenvalue weighted by Crippen LogP contribution is -2.10. The van der Waals surface area contributed by atoms with Gasteiger partial charge >= 0.3 is 5.97 Å². The predicted octanol–water partition coefficient (Wildman–Crippen LogP) is 1.20. The Morgan fingerprint density at radius 1 is 1.57 bits per heavy atom. The molecule has 4 nitrogen and oxygen atoms in total. The summed E-state index contributed by atoms with van der Waals surface area (Å²) >= 11 is 0. The molecule has 0 fully saturated rings. The first-order chi connectivity index (χ1) is 6.65. The summed E-state index contributed by atoms with van der Waals surface area (Å²) in [5.41, 5.74) is 0.323. The summed E-state index contributed by atoms with van der Waals surface area (Å²) in [6.45, 7) is 2.34.